The average molecular weight is 403 g/mol. The lowest BCUT2D eigenvalue weighted by atomic mass is 9.99. The predicted molar refractivity (Wildman–Crippen MR) is 107 cm³/mol. The number of nitrogens with zero attached hydrogens (tertiary/aromatic N) is 2. The monoisotopic (exact) mass is 402 g/mol. The number of fused-ring (bicyclic) bond motifs is 1. The summed E-state index contributed by atoms with van der Waals surface area (Å²) in [5.41, 5.74) is -4.04. The molecule has 1 aliphatic rings. The number of pyridine rings is 1. The van der Waals surface area contributed by atoms with Gasteiger partial charge in [0.2, 0.25) is 0 Å². The van der Waals surface area contributed by atoms with Crippen molar-refractivity contribution in [3.05, 3.63) is 39.9 Å². The number of hydrogen-bond donors (Lipinski definition) is 2. The molecule has 7 heteroatoms. The molecule has 1 saturated heterocycles. The summed E-state index contributed by atoms with van der Waals surface area (Å²) in [7, 11) is 0. The highest BCUT2D eigenvalue weighted by atomic mass is 19.1. The number of likely N-dealkylation sites (tertiary alicyclic amines) is 1. The summed E-state index contributed by atoms with van der Waals surface area (Å²) in [6.45, 7) is -8.29. The molecule has 0 spiro atoms. The lowest BCUT2D eigenvalue weighted by molar-refractivity contribution is 0.0946. The number of aryl methyl sites for hydroxylation is 1. The zero-order valence-electron chi connectivity index (χ0n) is 28.0. The number of rotatable bonds is 7. The van der Waals surface area contributed by atoms with Crippen LogP contribution < -0.4 is 10.9 Å². The summed E-state index contributed by atoms with van der Waals surface area (Å²) >= 11 is 0. The summed E-state index contributed by atoms with van der Waals surface area (Å²) in [5, 5.41) is 3.82. The van der Waals surface area contributed by atoms with E-state index in [4.69, 9.17) is 17.9 Å². The van der Waals surface area contributed by atoms with E-state index in [9.17, 15) is 14.0 Å². The van der Waals surface area contributed by atoms with Crippen molar-refractivity contribution in [1.29, 1.82) is 1.43 Å². The summed E-state index contributed by atoms with van der Waals surface area (Å²) in [4.78, 5) is 28.7. The molecular formula is C21H28FN3O3. The minimum absolute atomic E-state index is 0.184. The van der Waals surface area contributed by atoms with Gasteiger partial charge >= 0.3 is 0 Å². The minimum atomic E-state index is -3.66. The van der Waals surface area contributed by atoms with Gasteiger partial charge in [0.1, 0.15) is 17.1 Å². The number of benzene rings is 1. The van der Waals surface area contributed by atoms with E-state index in [1.807, 2.05) is 4.90 Å². The highest BCUT2D eigenvalue weighted by Gasteiger charge is 2.22. The van der Waals surface area contributed by atoms with Crippen LogP contribution in [0.5, 0.6) is 5.75 Å². The van der Waals surface area contributed by atoms with Gasteiger partial charge in [-0.15, -0.1) is 0 Å². The number of hydrogen-bond acceptors (Lipinski definition) is 4. The Bertz CT molecular complexity index is 1390. The highest BCUT2D eigenvalue weighted by Crippen LogP contribution is 2.27. The Balaban J connectivity index is 2.04. The van der Waals surface area contributed by atoms with Crippen molar-refractivity contribution in [2.75, 3.05) is 26.2 Å². The third-order valence-electron chi connectivity index (χ3n) is 4.66. The molecule has 2 heterocycles. The lowest BCUT2D eigenvalue weighted by Crippen LogP contribution is -2.37. The first-order valence-electron chi connectivity index (χ1n) is 15.2. The molecule has 0 atom stereocenters. The van der Waals surface area contributed by atoms with Crippen LogP contribution in [0.25, 0.3) is 10.9 Å². The number of aromatic nitrogens is 1. The summed E-state index contributed by atoms with van der Waals surface area (Å²) < 4.78 is 116. The van der Waals surface area contributed by atoms with Gasteiger partial charge in [0, 0.05) is 29.4 Å². The van der Waals surface area contributed by atoms with Gasteiger partial charge in [0.25, 0.3) is 12.9 Å². The molecule has 28 heavy (non-hydrogen) atoms. The van der Waals surface area contributed by atoms with Gasteiger partial charge in [0.05, 0.1) is 9.63 Å². The molecule has 0 unspecified atom stereocenters. The van der Waals surface area contributed by atoms with E-state index in [-0.39, 0.29) is 17.5 Å². The Morgan fingerprint density at radius 1 is 1.54 bits per heavy atom. The SMILES string of the molecule is [2H]Oc1c(C(=O)N([2H])CCCN2CCC(C([2H])([2H])[2H])CC2)c(=O)n(C([2H])([2H])C([2H])([2H])[2H])c2c([2H])c(F)c([2H])c([2H])c12. The zero-order chi connectivity index (χ0) is 31.2. The second kappa shape index (κ2) is 8.73. The second-order valence-electron chi connectivity index (χ2n) is 6.53. The van der Waals surface area contributed by atoms with Crippen molar-refractivity contribution < 1.29 is 30.8 Å². The number of carbonyl (C=O) groups is 1. The van der Waals surface area contributed by atoms with Gasteiger partial charge in [-0.1, -0.05) is 6.85 Å². The molecule has 3 rings (SSSR count). The molecule has 0 radical (unpaired) electrons. The normalized spacial score (nSPS) is 23.8. The third-order valence-corrected chi connectivity index (χ3v) is 4.66. The first kappa shape index (κ1) is 9.39. The fourth-order valence-electron chi connectivity index (χ4n) is 3.15. The second-order valence-corrected chi connectivity index (χ2v) is 6.53. The van der Waals surface area contributed by atoms with Gasteiger partial charge in [0.15, 0.2) is 1.41 Å². The smallest absolute Gasteiger partial charge is 0.293 e. The van der Waals surface area contributed by atoms with Gasteiger partial charge < -0.3 is 19.9 Å². The average Bonchev–Trinajstić information content (AvgIpc) is 2.88. The number of aromatic hydroxyl groups is 1. The van der Waals surface area contributed by atoms with E-state index in [1.165, 1.54) is 0 Å². The molecule has 2 N–H and O–H groups in total. The van der Waals surface area contributed by atoms with Crippen LogP contribution in [0.3, 0.4) is 0 Å². The highest BCUT2D eigenvalue weighted by molar-refractivity contribution is 6.02. The molecule has 152 valence electrons. The quantitative estimate of drug-likeness (QED) is 0.747. The van der Waals surface area contributed by atoms with Crippen molar-refractivity contribution in [2.45, 2.75) is 39.5 Å². The lowest BCUT2D eigenvalue weighted by Gasteiger charge is -2.30. The number of piperidine rings is 1. The van der Waals surface area contributed by atoms with Crippen LogP contribution in [0, 0.1) is 11.7 Å². The van der Waals surface area contributed by atoms with E-state index >= 15 is 0 Å². The molecule has 2 aromatic rings. The summed E-state index contributed by atoms with van der Waals surface area (Å²) in [6, 6.07) is -3.63. The van der Waals surface area contributed by atoms with Gasteiger partial charge in [-0.2, -0.15) is 0 Å². The van der Waals surface area contributed by atoms with Crippen molar-refractivity contribution in [1.82, 2.24) is 14.8 Å². The van der Waals surface area contributed by atoms with E-state index in [0.717, 1.165) is 0 Å². The van der Waals surface area contributed by atoms with E-state index in [1.54, 1.807) is 0 Å². The van der Waals surface area contributed by atoms with Crippen LogP contribution in [0.1, 0.15) is 58.4 Å². The third kappa shape index (κ3) is 4.19. The first-order valence-corrected chi connectivity index (χ1v) is 8.82. The van der Waals surface area contributed by atoms with Crippen LogP contribution >= 0.6 is 0 Å². The Labute approximate surface area is 182 Å². The zero-order valence-corrected chi connectivity index (χ0v) is 15.0. The van der Waals surface area contributed by atoms with Gasteiger partial charge in [-0.05, 0) is 69.8 Å². The molecule has 1 aromatic carbocycles. The Morgan fingerprint density at radius 3 is 3.07 bits per heavy atom. The Morgan fingerprint density at radius 2 is 2.36 bits per heavy atom. The van der Waals surface area contributed by atoms with Crippen molar-refractivity contribution in [2.24, 2.45) is 5.92 Å². The van der Waals surface area contributed by atoms with Gasteiger partial charge in [-0.3, -0.25) is 9.59 Å². The maximum atomic E-state index is 14.6. The van der Waals surface area contributed by atoms with Crippen molar-refractivity contribution in [3.63, 3.8) is 0 Å². The molecule has 1 amide bonds. The number of amides is 1. The first-order chi connectivity index (χ1) is 18.8. The predicted octanol–water partition coefficient (Wildman–Crippen LogP) is 2.72. The van der Waals surface area contributed by atoms with Crippen LogP contribution in [0.15, 0.2) is 22.9 Å². The molecule has 0 aliphatic carbocycles. The standard InChI is InChI=1S/C21H28FN3O3/c1-3-25-17-13-15(22)5-6-16(17)19(26)18(21(25)28)20(27)23-9-4-10-24-11-7-14(2)8-12-24/h5-6,13-14,26H,3-4,7-12H2,1-2H3,(H,23,27)/i1D3,2D3,3D2,5D,6D,13D/hD2. The van der Waals surface area contributed by atoms with Crippen LogP contribution in [-0.2, 0) is 6.50 Å². The van der Waals surface area contributed by atoms with Crippen LogP contribution in [-0.4, -0.2) is 48.1 Å². The van der Waals surface area contributed by atoms with Crippen LogP contribution in [0.2, 0.25) is 1.41 Å². The molecule has 6 nitrogen and oxygen atoms in total. The maximum Gasteiger partial charge on any atom is 0.293 e. The summed E-state index contributed by atoms with van der Waals surface area (Å²) in [5.74, 6) is -4.59. The Kier molecular flexibility index (Phi) is 2.93. The molecule has 0 saturated carbocycles. The van der Waals surface area contributed by atoms with E-state index < -0.39 is 83.7 Å². The van der Waals surface area contributed by atoms with E-state index in [2.05, 4.69) is 5.11 Å². The number of carbonyl (C=O) groups excluding carboxylic acids is 1. The molecule has 1 fully saturated rings. The van der Waals surface area contributed by atoms with Crippen molar-refractivity contribution in [3.8, 4) is 5.75 Å². The van der Waals surface area contributed by atoms with Gasteiger partial charge in [-0.25, -0.2) is 4.39 Å². The fraction of sp³-hybridized carbons (Fsp3) is 0.524. The van der Waals surface area contributed by atoms with E-state index in [0.29, 0.717) is 37.8 Å². The molecule has 1 aromatic heterocycles. The minimum Gasteiger partial charge on any atom is -0.506 e. The Hall–Kier alpha value is -2.41. The maximum absolute atomic E-state index is 14.6. The topological polar surface area (TPSA) is 74.6 Å². The van der Waals surface area contributed by atoms with Crippen molar-refractivity contribution >= 4 is 16.8 Å². The fourth-order valence-corrected chi connectivity index (χ4v) is 3.15. The molecular weight excluding hydrogens is 361 g/mol. The molecule has 1 aliphatic heterocycles. The number of halogens is 1. The largest absolute Gasteiger partial charge is 0.506 e. The number of nitrogens with one attached hydrogen (secondary N) is 1. The van der Waals surface area contributed by atoms with Crippen LogP contribution in [0.4, 0.5) is 4.39 Å². The summed E-state index contributed by atoms with van der Waals surface area (Å²) in [6.07, 6.45) is 1.07. The molecule has 0 bridgehead atoms.